The zero-order valence-corrected chi connectivity index (χ0v) is 23.4. The van der Waals surface area contributed by atoms with Crippen molar-refractivity contribution in [3.63, 3.8) is 0 Å². The van der Waals surface area contributed by atoms with E-state index in [9.17, 15) is 9.59 Å². The van der Waals surface area contributed by atoms with Crippen molar-refractivity contribution in [3.05, 3.63) is 45.0 Å². The van der Waals surface area contributed by atoms with Crippen molar-refractivity contribution in [2.24, 2.45) is 0 Å². The molecule has 1 fully saturated rings. The van der Waals surface area contributed by atoms with Crippen LogP contribution in [-0.4, -0.2) is 56.5 Å². The third kappa shape index (κ3) is 6.82. The summed E-state index contributed by atoms with van der Waals surface area (Å²) in [4.78, 5) is 26.3. The minimum absolute atomic E-state index is 0.0577. The maximum absolute atomic E-state index is 12.5. The van der Waals surface area contributed by atoms with Crippen LogP contribution in [0.15, 0.2) is 33.7 Å². The average molecular weight is 521 g/mol. The monoisotopic (exact) mass is 520 g/mol. The van der Waals surface area contributed by atoms with Gasteiger partial charge in [0, 0.05) is 19.4 Å². The third-order valence-electron chi connectivity index (χ3n) is 5.94. The Balaban J connectivity index is 2.51. The van der Waals surface area contributed by atoms with Crippen molar-refractivity contribution >= 4 is 26.6 Å². The minimum Gasteiger partial charge on any atom is -0.408 e. The van der Waals surface area contributed by atoms with Gasteiger partial charge in [0.05, 0.1) is 13.2 Å². The Bertz CT molecular complexity index is 978. The molecule has 1 aliphatic heterocycles. The Labute approximate surface area is 201 Å². The molecule has 0 amide bonds. The number of hydrogen-bond acceptors (Lipinski definition) is 8. The van der Waals surface area contributed by atoms with Crippen LogP contribution >= 0.6 is 6.49 Å². The number of nitrogens with zero attached hydrogens (tertiary/aromatic N) is 1. The van der Waals surface area contributed by atoms with Gasteiger partial charge in [-0.15, -0.1) is 0 Å². The number of aromatic nitrogens is 2. The summed E-state index contributed by atoms with van der Waals surface area (Å²) in [6, 6.07) is 1.27. The molecule has 0 bridgehead atoms. The van der Waals surface area contributed by atoms with E-state index >= 15 is 0 Å². The second kappa shape index (κ2) is 11.2. The van der Waals surface area contributed by atoms with Gasteiger partial charge in [0.15, 0.2) is 14.5 Å². The highest BCUT2D eigenvalue weighted by molar-refractivity contribution is 8.11. The molecule has 0 radical (unpaired) electrons. The summed E-state index contributed by atoms with van der Waals surface area (Å²) in [6.45, 7) is 12.7. The van der Waals surface area contributed by atoms with Gasteiger partial charge in [0.25, 0.3) is 5.56 Å². The molecule has 1 aliphatic rings. The fourth-order valence-electron chi connectivity index (χ4n) is 3.25. The van der Waals surface area contributed by atoms with Gasteiger partial charge >= 0.3 is 5.69 Å². The average Bonchev–Trinajstić information content (AvgIpc) is 3.02. The van der Waals surface area contributed by atoms with Crippen LogP contribution in [0.25, 0.3) is 0 Å². The van der Waals surface area contributed by atoms with Crippen molar-refractivity contribution in [2.45, 2.75) is 77.3 Å². The van der Waals surface area contributed by atoms with Crippen LogP contribution in [0.1, 0.15) is 40.8 Å². The van der Waals surface area contributed by atoms with Gasteiger partial charge in [-0.25, -0.2) is 4.79 Å². The first-order valence-electron chi connectivity index (χ1n) is 11.0. The Morgan fingerprint density at radius 1 is 1.21 bits per heavy atom. The van der Waals surface area contributed by atoms with Crippen LogP contribution in [0.4, 0.5) is 0 Å². The fraction of sp³-hybridized carbons (Fsp3) is 0.714. The molecule has 0 spiro atoms. The minimum atomic E-state index is -2.65. The van der Waals surface area contributed by atoms with Crippen molar-refractivity contribution < 1.29 is 22.9 Å². The van der Waals surface area contributed by atoms with E-state index in [0.717, 1.165) is 0 Å². The van der Waals surface area contributed by atoms with E-state index in [4.69, 9.17) is 34.8 Å². The predicted molar refractivity (Wildman–Crippen MR) is 135 cm³/mol. The number of H-pyrrole nitrogens is 1. The van der Waals surface area contributed by atoms with Gasteiger partial charge in [-0.3, -0.25) is 14.3 Å². The second-order valence-electron chi connectivity index (χ2n) is 9.27. The van der Waals surface area contributed by atoms with Crippen molar-refractivity contribution in [2.75, 3.05) is 20.3 Å². The van der Waals surface area contributed by atoms with E-state index in [-0.39, 0.29) is 5.04 Å². The molecule has 2 rings (SSSR count). The molecule has 1 N–H and O–H groups in total. The largest absolute Gasteiger partial charge is 0.408 e. The normalized spacial score (nSPS) is 24.6. The lowest BCUT2D eigenvalue weighted by atomic mass is 10.1. The molecule has 4 atom stereocenters. The predicted octanol–water partition coefficient (Wildman–Crippen LogP) is 3.74. The molecule has 0 aromatic carbocycles. The Kier molecular flexibility index (Phi) is 9.63. The van der Waals surface area contributed by atoms with Gasteiger partial charge in [0.1, 0.15) is 18.3 Å². The van der Waals surface area contributed by atoms with Crippen LogP contribution in [0.5, 0.6) is 0 Å². The van der Waals surface area contributed by atoms with E-state index in [0.29, 0.717) is 13.2 Å². The molecule has 2 unspecified atom stereocenters. The first-order valence-corrected chi connectivity index (χ1v) is 16.7. The lowest BCUT2D eigenvalue weighted by molar-refractivity contribution is -0.0482. The highest BCUT2D eigenvalue weighted by Crippen LogP contribution is 2.51. The summed E-state index contributed by atoms with van der Waals surface area (Å²) < 4.78 is 31.6. The number of nitrogens with one attached hydrogen (secondary N) is 1. The van der Waals surface area contributed by atoms with Crippen LogP contribution < -0.4 is 11.2 Å². The number of hydrogen-bond donors (Lipinski definition) is 1. The Morgan fingerprint density at radius 3 is 2.30 bits per heavy atom. The third-order valence-corrected chi connectivity index (χ3v) is 13.2. The van der Waals surface area contributed by atoms with E-state index in [1.54, 1.807) is 19.0 Å². The van der Waals surface area contributed by atoms with Crippen molar-refractivity contribution in [1.82, 2.24) is 9.55 Å². The zero-order chi connectivity index (χ0) is 25.0. The molecule has 33 heavy (non-hydrogen) atoms. The second-order valence-corrected chi connectivity index (χ2v) is 17.4. The zero-order valence-electron chi connectivity index (χ0n) is 20.7. The molecule has 2 heterocycles. The fourth-order valence-corrected chi connectivity index (χ4v) is 6.74. The van der Waals surface area contributed by atoms with Gasteiger partial charge in [0.2, 0.25) is 6.49 Å². The van der Waals surface area contributed by atoms with Crippen LogP contribution in [0.2, 0.25) is 18.1 Å². The summed E-state index contributed by atoms with van der Waals surface area (Å²) in [5.74, 6) is 1.74. The summed E-state index contributed by atoms with van der Waals surface area (Å²) in [6.07, 6.45) is 0.708. The molecular weight excluding hydrogens is 483 g/mol. The Hall–Kier alpha value is -0.913. The summed E-state index contributed by atoms with van der Waals surface area (Å²) >= 11 is 5.62. The molecule has 0 saturated carbocycles. The van der Waals surface area contributed by atoms with E-state index in [1.807, 2.05) is 13.8 Å². The summed E-state index contributed by atoms with van der Waals surface area (Å²) in [7, 11) is -0.695. The smallest absolute Gasteiger partial charge is 0.330 e. The maximum Gasteiger partial charge on any atom is 0.330 e. The first kappa shape index (κ1) is 28.3. The van der Waals surface area contributed by atoms with Crippen LogP contribution in [0.3, 0.4) is 0 Å². The number of ether oxygens (including phenoxy) is 2. The molecule has 1 saturated heterocycles. The molecular formula is C21H37N2O7PSSi. The Morgan fingerprint density at radius 2 is 1.82 bits per heavy atom. The number of methoxy groups -OCH3 is 1. The van der Waals surface area contributed by atoms with E-state index in [1.165, 1.54) is 16.8 Å². The highest BCUT2D eigenvalue weighted by atomic mass is 32.5. The van der Waals surface area contributed by atoms with Crippen LogP contribution in [-0.2, 0) is 34.8 Å². The number of rotatable bonds is 10. The molecule has 12 heteroatoms. The highest BCUT2D eigenvalue weighted by Gasteiger charge is 2.50. The van der Waals surface area contributed by atoms with E-state index < -0.39 is 50.6 Å². The lowest BCUT2D eigenvalue weighted by Gasteiger charge is -2.40. The van der Waals surface area contributed by atoms with Crippen LogP contribution in [0, 0.1) is 0 Å². The molecule has 188 valence electrons. The lowest BCUT2D eigenvalue weighted by Crippen LogP contribution is -2.49. The van der Waals surface area contributed by atoms with Crippen molar-refractivity contribution in [1.29, 1.82) is 0 Å². The van der Waals surface area contributed by atoms with Crippen molar-refractivity contribution in [3.8, 4) is 0 Å². The topological polar surface area (TPSA) is 101 Å². The van der Waals surface area contributed by atoms with E-state index in [2.05, 4.69) is 38.8 Å². The standard InChI is InChI=1S/C21H37N2O7PSSi/c1-9-27-31(32,28-10-2)14-12-15-17(30-33(7,8)21(3,4)5)18(26-6)19(29-15)23-13-11-16(24)22-20(23)25/h11-15,17-19H,9-10H2,1-8H3,(H,22,24,25)/b14-12+/t15-,17?,18?,19-/m1/s1. The van der Waals surface area contributed by atoms with Gasteiger partial charge < -0.3 is 22.9 Å². The first-order chi connectivity index (χ1) is 15.3. The van der Waals surface area contributed by atoms with Gasteiger partial charge in [-0.1, -0.05) is 20.8 Å². The quantitative estimate of drug-likeness (QED) is 0.368. The molecule has 1 aromatic heterocycles. The summed E-state index contributed by atoms with van der Waals surface area (Å²) in [5.41, 5.74) is -1.07. The van der Waals surface area contributed by atoms with Gasteiger partial charge in [-0.05, 0) is 55.7 Å². The molecule has 1 aromatic rings. The molecule has 0 aliphatic carbocycles. The SMILES string of the molecule is CCOP(=S)(/C=C/[C@H]1O[C@@H](n2ccc(=O)[nH]c2=O)C(OC)C1O[Si](C)(C)C(C)(C)C)OCC. The molecule has 9 nitrogen and oxygen atoms in total. The maximum atomic E-state index is 12.5. The number of aromatic amines is 1. The van der Waals surface area contributed by atoms with Gasteiger partial charge in [-0.2, -0.15) is 0 Å². The summed E-state index contributed by atoms with van der Waals surface area (Å²) in [5, 5.41) is -0.0577.